The molecular weight excluding hydrogens is 312 g/mol. The highest BCUT2D eigenvalue weighted by Crippen LogP contribution is 2.53. The molecular formula is C21H28N2O2. The maximum atomic E-state index is 12.5. The SMILES string of the molecule is C[C@H]1CCC[C@]2(C)C[C@H]3OC(=O)C(CNCc4ccccn4)[C@H]3C=C12. The minimum atomic E-state index is -0.0695. The summed E-state index contributed by atoms with van der Waals surface area (Å²) in [6.45, 7) is 6.05. The molecule has 25 heavy (non-hydrogen) atoms. The largest absolute Gasteiger partial charge is 0.461 e. The van der Waals surface area contributed by atoms with Crippen molar-refractivity contribution in [2.45, 2.75) is 52.2 Å². The number of ether oxygens (including phenoxy) is 1. The molecule has 2 heterocycles. The van der Waals surface area contributed by atoms with E-state index in [-0.39, 0.29) is 29.3 Å². The third-order valence-electron chi connectivity index (χ3n) is 6.48. The van der Waals surface area contributed by atoms with Gasteiger partial charge in [0.15, 0.2) is 0 Å². The van der Waals surface area contributed by atoms with Crippen LogP contribution in [0.5, 0.6) is 0 Å². The van der Waals surface area contributed by atoms with Crippen LogP contribution in [0, 0.1) is 23.2 Å². The molecule has 0 bridgehead atoms. The molecule has 3 aliphatic rings. The molecule has 1 saturated heterocycles. The fourth-order valence-electron chi connectivity index (χ4n) is 5.14. The van der Waals surface area contributed by atoms with Gasteiger partial charge in [0.1, 0.15) is 6.10 Å². The average molecular weight is 340 g/mol. The summed E-state index contributed by atoms with van der Waals surface area (Å²) < 4.78 is 5.79. The van der Waals surface area contributed by atoms with Crippen molar-refractivity contribution in [3.8, 4) is 0 Å². The molecule has 1 saturated carbocycles. The number of aromatic nitrogens is 1. The van der Waals surface area contributed by atoms with Gasteiger partial charge < -0.3 is 10.1 Å². The Hall–Kier alpha value is -1.68. The van der Waals surface area contributed by atoms with Gasteiger partial charge in [-0.3, -0.25) is 9.78 Å². The first kappa shape index (κ1) is 16.8. The van der Waals surface area contributed by atoms with E-state index in [1.807, 2.05) is 18.2 Å². The van der Waals surface area contributed by atoms with Crippen LogP contribution in [0.4, 0.5) is 0 Å². The number of hydrogen-bond donors (Lipinski definition) is 1. The van der Waals surface area contributed by atoms with Crippen molar-refractivity contribution in [1.82, 2.24) is 10.3 Å². The van der Waals surface area contributed by atoms with Crippen LogP contribution in [0.15, 0.2) is 36.0 Å². The van der Waals surface area contributed by atoms with Crippen LogP contribution in [0.25, 0.3) is 0 Å². The zero-order valence-electron chi connectivity index (χ0n) is 15.2. The van der Waals surface area contributed by atoms with Crippen molar-refractivity contribution in [1.29, 1.82) is 0 Å². The Morgan fingerprint density at radius 1 is 1.40 bits per heavy atom. The van der Waals surface area contributed by atoms with Gasteiger partial charge in [0, 0.05) is 25.2 Å². The lowest BCUT2D eigenvalue weighted by Gasteiger charge is -2.46. The number of nitrogens with one attached hydrogen (secondary N) is 1. The summed E-state index contributed by atoms with van der Waals surface area (Å²) >= 11 is 0. The summed E-state index contributed by atoms with van der Waals surface area (Å²) in [5.41, 5.74) is 2.81. The van der Waals surface area contributed by atoms with Crippen molar-refractivity contribution < 1.29 is 9.53 Å². The van der Waals surface area contributed by atoms with Gasteiger partial charge in [-0.1, -0.05) is 38.0 Å². The lowest BCUT2D eigenvalue weighted by atomic mass is 9.59. The Morgan fingerprint density at radius 3 is 3.08 bits per heavy atom. The smallest absolute Gasteiger partial charge is 0.311 e. The van der Waals surface area contributed by atoms with E-state index >= 15 is 0 Å². The minimum absolute atomic E-state index is 0.0322. The van der Waals surface area contributed by atoms with Gasteiger partial charge in [-0.2, -0.15) is 0 Å². The number of pyridine rings is 1. The van der Waals surface area contributed by atoms with Crippen molar-refractivity contribution in [2.24, 2.45) is 23.2 Å². The zero-order chi connectivity index (χ0) is 17.4. The molecule has 0 radical (unpaired) electrons. The van der Waals surface area contributed by atoms with Crippen LogP contribution in [-0.2, 0) is 16.1 Å². The molecule has 1 aliphatic heterocycles. The van der Waals surface area contributed by atoms with Gasteiger partial charge in [-0.15, -0.1) is 0 Å². The molecule has 2 aliphatic carbocycles. The monoisotopic (exact) mass is 340 g/mol. The van der Waals surface area contributed by atoms with Gasteiger partial charge in [0.05, 0.1) is 11.6 Å². The summed E-state index contributed by atoms with van der Waals surface area (Å²) in [7, 11) is 0. The molecule has 4 nitrogen and oxygen atoms in total. The summed E-state index contributed by atoms with van der Waals surface area (Å²) in [5.74, 6) is 0.764. The normalized spacial score (nSPS) is 37.0. The van der Waals surface area contributed by atoms with Crippen LogP contribution < -0.4 is 5.32 Å². The number of esters is 1. The lowest BCUT2D eigenvalue weighted by molar-refractivity contribution is -0.145. The molecule has 4 heteroatoms. The summed E-state index contributed by atoms with van der Waals surface area (Å²) in [6, 6.07) is 5.90. The first-order valence-electron chi connectivity index (χ1n) is 9.60. The van der Waals surface area contributed by atoms with E-state index in [1.165, 1.54) is 19.3 Å². The number of hydrogen-bond acceptors (Lipinski definition) is 4. The third kappa shape index (κ3) is 3.12. The number of nitrogens with zero attached hydrogens (tertiary/aromatic N) is 1. The quantitative estimate of drug-likeness (QED) is 0.673. The highest BCUT2D eigenvalue weighted by molar-refractivity contribution is 5.76. The maximum Gasteiger partial charge on any atom is 0.311 e. The Kier molecular flexibility index (Phi) is 4.40. The Bertz CT molecular complexity index is 672. The highest BCUT2D eigenvalue weighted by Gasteiger charge is 2.51. The van der Waals surface area contributed by atoms with Crippen molar-refractivity contribution in [2.75, 3.05) is 6.54 Å². The van der Waals surface area contributed by atoms with Crippen LogP contribution in [0.2, 0.25) is 0 Å². The number of rotatable bonds is 4. The van der Waals surface area contributed by atoms with E-state index in [9.17, 15) is 4.79 Å². The van der Waals surface area contributed by atoms with Crippen LogP contribution >= 0.6 is 0 Å². The molecule has 1 aromatic rings. The Morgan fingerprint density at radius 2 is 2.28 bits per heavy atom. The molecule has 134 valence electrons. The molecule has 2 fully saturated rings. The summed E-state index contributed by atoms with van der Waals surface area (Å²) in [6.07, 6.45) is 9.06. The van der Waals surface area contributed by atoms with Crippen LogP contribution in [0.3, 0.4) is 0 Å². The zero-order valence-corrected chi connectivity index (χ0v) is 15.2. The van der Waals surface area contributed by atoms with E-state index in [1.54, 1.807) is 11.8 Å². The van der Waals surface area contributed by atoms with Gasteiger partial charge >= 0.3 is 5.97 Å². The maximum absolute atomic E-state index is 12.5. The molecule has 4 rings (SSSR count). The number of fused-ring (bicyclic) bond motifs is 2. The molecule has 1 N–H and O–H groups in total. The van der Waals surface area contributed by atoms with Crippen LogP contribution in [0.1, 0.15) is 45.2 Å². The van der Waals surface area contributed by atoms with Gasteiger partial charge in [0.25, 0.3) is 0 Å². The summed E-state index contributed by atoms with van der Waals surface area (Å²) in [4.78, 5) is 16.8. The number of allylic oxidation sites excluding steroid dienone is 1. The average Bonchev–Trinajstić information content (AvgIpc) is 2.88. The second-order valence-electron chi connectivity index (χ2n) is 8.29. The minimum Gasteiger partial charge on any atom is -0.461 e. The first-order valence-corrected chi connectivity index (χ1v) is 9.60. The second-order valence-corrected chi connectivity index (χ2v) is 8.29. The number of carbonyl (C=O) groups excluding carboxylic acids is 1. The molecule has 1 aromatic heterocycles. The molecule has 0 amide bonds. The van der Waals surface area contributed by atoms with Crippen LogP contribution in [-0.4, -0.2) is 23.6 Å². The molecule has 0 spiro atoms. The molecule has 5 atom stereocenters. The third-order valence-corrected chi connectivity index (χ3v) is 6.48. The predicted octanol–water partition coefficient (Wildman–Crippen LogP) is 3.49. The molecule has 1 unspecified atom stereocenters. The highest BCUT2D eigenvalue weighted by atomic mass is 16.6. The van der Waals surface area contributed by atoms with Crippen molar-refractivity contribution in [3.63, 3.8) is 0 Å². The van der Waals surface area contributed by atoms with E-state index in [4.69, 9.17) is 4.74 Å². The standard InChI is InChI=1S/C21H28N2O2/c1-14-6-5-8-21(2)11-19-16(10-18(14)21)17(20(24)25-19)13-22-12-15-7-3-4-9-23-15/h3-4,7,9-10,14,16-17,19,22H,5-6,8,11-13H2,1-2H3/t14-,16+,17?,19+,21+/m0/s1. The predicted molar refractivity (Wildman–Crippen MR) is 96.6 cm³/mol. The second kappa shape index (κ2) is 6.56. The van der Waals surface area contributed by atoms with E-state index in [0.717, 1.165) is 12.1 Å². The van der Waals surface area contributed by atoms with Crippen molar-refractivity contribution >= 4 is 5.97 Å². The Labute approximate surface area is 150 Å². The van der Waals surface area contributed by atoms with Gasteiger partial charge in [-0.05, 0) is 42.7 Å². The van der Waals surface area contributed by atoms with E-state index in [0.29, 0.717) is 19.0 Å². The van der Waals surface area contributed by atoms with Crippen molar-refractivity contribution in [3.05, 3.63) is 41.7 Å². The topological polar surface area (TPSA) is 51.2 Å². The summed E-state index contributed by atoms with van der Waals surface area (Å²) in [5, 5.41) is 3.41. The molecule has 0 aromatic carbocycles. The van der Waals surface area contributed by atoms with Gasteiger partial charge in [-0.25, -0.2) is 0 Å². The fourth-order valence-corrected chi connectivity index (χ4v) is 5.14. The lowest BCUT2D eigenvalue weighted by Crippen LogP contribution is -2.40. The van der Waals surface area contributed by atoms with E-state index in [2.05, 4.69) is 30.2 Å². The first-order chi connectivity index (χ1) is 12.1. The van der Waals surface area contributed by atoms with E-state index < -0.39 is 0 Å². The fraction of sp³-hybridized carbons (Fsp3) is 0.619. The Balaban J connectivity index is 1.47. The van der Waals surface area contributed by atoms with Gasteiger partial charge in [0.2, 0.25) is 0 Å². The number of carbonyl (C=O) groups is 1.